The van der Waals surface area contributed by atoms with E-state index in [1.807, 2.05) is 29.6 Å². The number of aliphatic hydroxyl groups is 1. The normalized spacial score (nSPS) is 13.8. The van der Waals surface area contributed by atoms with E-state index < -0.39 is 21.1 Å². The lowest BCUT2D eigenvalue weighted by Crippen LogP contribution is -2.21. The van der Waals surface area contributed by atoms with Crippen LogP contribution >= 0.6 is 16.1 Å². The van der Waals surface area contributed by atoms with E-state index >= 15 is 0 Å². The molecule has 0 saturated carbocycles. The number of hydrogen-bond donors (Lipinski definition) is 6. The first-order chi connectivity index (χ1) is 18.5. The monoisotopic (exact) mass is 575 g/mol. The van der Waals surface area contributed by atoms with Crippen LogP contribution in [-0.2, 0) is 27.2 Å². The highest BCUT2D eigenvalue weighted by Crippen LogP contribution is 2.61. The lowest BCUT2D eigenvalue weighted by atomic mass is 10.1. The molecule has 13 nitrogen and oxygen atoms in total. The Balaban J connectivity index is 1.64. The Hall–Kier alpha value is -3.31. The molecule has 0 aliphatic heterocycles. The van der Waals surface area contributed by atoms with Gasteiger partial charge in [0.2, 0.25) is 11.0 Å². The Labute approximate surface area is 225 Å². The first kappa shape index (κ1) is 28.7. The number of aromatic nitrogens is 4. The summed E-state index contributed by atoms with van der Waals surface area (Å²) >= 11 is 0. The predicted octanol–water partition coefficient (Wildman–Crippen LogP) is 2.53. The summed E-state index contributed by atoms with van der Waals surface area (Å²) < 4.78 is 25.2. The Morgan fingerprint density at radius 3 is 2.51 bits per heavy atom. The Morgan fingerprint density at radius 1 is 1.13 bits per heavy atom. The lowest BCUT2D eigenvalue weighted by molar-refractivity contribution is 0.168. The molecule has 0 amide bonds. The largest absolute Gasteiger partial charge is 0.508 e. The van der Waals surface area contributed by atoms with Gasteiger partial charge in [-0.25, -0.2) is 4.98 Å². The van der Waals surface area contributed by atoms with Crippen LogP contribution in [0.2, 0.25) is 0 Å². The van der Waals surface area contributed by atoms with Crippen molar-refractivity contribution in [3.63, 3.8) is 0 Å². The van der Waals surface area contributed by atoms with Crippen molar-refractivity contribution in [2.45, 2.75) is 18.0 Å². The van der Waals surface area contributed by atoms with Crippen molar-refractivity contribution in [1.82, 2.24) is 24.4 Å². The summed E-state index contributed by atoms with van der Waals surface area (Å²) in [4.78, 5) is 34.8. The summed E-state index contributed by atoms with van der Waals surface area (Å²) in [6.07, 6.45) is 2.30. The minimum absolute atomic E-state index is 0.151. The summed E-state index contributed by atoms with van der Waals surface area (Å²) in [5.74, 6) is 0.982. The zero-order valence-corrected chi connectivity index (χ0v) is 23.4. The molecule has 2 aromatic carbocycles. The minimum atomic E-state index is -5.08. The number of rotatable bonds is 12. The first-order valence-corrected chi connectivity index (χ1v) is 14.7. The van der Waals surface area contributed by atoms with Crippen LogP contribution in [0, 0.1) is 0 Å². The van der Waals surface area contributed by atoms with Gasteiger partial charge in [0.05, 0.1) is 6.33 Å². The molecule has 39 heavy (non-hydrogen) atoms. The van der Waals surface area contributed by atoms with Gasteiger partial charge in [-0.05, 0) is 50.3 Å². The molecule has 0 aliphatic carbocycles. The molecular formula is C24H31N7O6P2. The highest BCUT2D eigenvalue weighted by molar-refractivity contribution is 7.62. The number of hydrogen-bond acceptors (Lipinski definition) is 10. The van der Waals surface area contributed by atoms with Crippen LogP contribution < -0.4 is 10.6 Å². The number of fused-ring (bicyclic) bond motifs is 1. The molecule has 0 spiro atoms. The second kappa shape index (κ2) is 11.8. The van der Waals surface area contributed by atoms with Crippen molar-refractivity contribution >= 4 is 44.7 Å². The summed E-state index contributed by atoms with van der Waals surface area (Å²) in [7, 11) is -3.36. The Kier molecular flexibility index (Phi) is 8.70. The van der Waals surface area contributed by atoms with E-state index in [4.69, 9.17) is 0 Å². The van der Waals surface area contributed by atoms with Gasteiger partial charge in [0.1, 0.15) is 14.2 Å². The highest BCUT2D eigenvalue weighted by Gasteiger charge is 2.46. The summed E-state index contributed by atoms with van der Waals surface area (Å²) in [5.41, 5.74) is 2.40. The molecule has 0 fully saturated rings. The number of nitrogens with zero attached hydrogens (tertiary/aromatic N) is 5. The van der Waals surface area contributed by atoms with Gasteiger partial charge < -0.3 is 44.7 Å². The number of nitrogens with one attached hydrogen (secondary N) is 2. The second-order valence-electron chi connectivity index (χ2n) is 9.25. The van der Waals surface area contributed by atoms with E-state index in [2.05, 4.69) is 25.6 Å². The van der Waals surface area contributed by atoms with E-state index in [-0.39, 0.29) is 11.3 Å². The van der Waals surface area contributed by atoms with Gasteiger partial charge in [-0.3, -0.25) is 4.57 Å². The van der Waals surface area contributed by atoms with E-state index in [1.54, 1.807) is 24.5 Å². The number of anilines is 3. The van der Waals surface area contributed by atoms with Crippen molar-refractivity contribution < 1.29 is 29.1 Å². The zero-order valence-electron chi connectivity index (χ0n) is 21.4. The van der Waals surface area contributed by atoms with Crippen LogP contribution in [0.4, 0.5) is 17.5 Å². The molecule has 0 bridgehead atoms. The standard InChI is InChI=1S/C24H31N7O6P2/c1-30(2)13-11-25-23-28-21(27-18-8-6-17(7-9-18)24(33,38-34)39(35,36)37)20-22(29-23)31(15-26-20)12-10-16-4-3-5-19(32)14-16/h3-9,14-15,32-33H,10-13,38H2,1-2H3,(H2,35,36,37)(H2,25,27,28,29). The van der Waals surface area contributed by atoms with Gasteiger partial charge in [-0.1, -0.05) is 24.3 Å². The number of phenols is 1. The molecule has 0 aliphatic rings. The summed E-state index contributed by atoms with van der Waals surface area (Å²) in [6, 6.07) is 12.6. The van der Waals surface area contributed by atoms with Gasteiger partial charge in [-0.2, -0.15) is 9.97 Å². The van der Waals surface area contributed by atoms with Crippen LogP contribution in [0.25, 0.3) is 11.2 Å². The third-order valence-corrected chi connectivity index (χ3v) is 9.17. The molecule has 208 valence electrons. The van der Waals surface area contributed by atoms with Gasteiger partial charge >= 0.3 is 7.60 Å². The maximum absolute atomic E-state index is 11.7. The first-order valence-electron chi connectivity index (χ1n) is 12.0. The summed E-state index contributed by atoms with van der Waals surface area (Å²) in [5, 5.41) is 23.8. The second-order valence-corrected chi connectivity index (χ2v) is 12.6. The molecule has 15 heteroatoms. The predicted molar refractivity (Wildman–Crippen MR) is 150 cm³/mol. The van der Waals surface area contributed by atoms with Crippen molar-refractivity contribution in [1.29, 1.82) is 0 Å². The average molecular weight is 576 g/mol. The molecule has 4 aromatic rings. The van der Waals surface area contributed by atoms with E-state index in [0.29, 0.717) is 48.1 Å². The topological polar surface area (TPSA) is 186 Å². The highest BCUT2D eigenvalue weighted by atomic mass is 31.2. The van der Waals surface area contributed by atoms with Crippen LogP contribution in [0.3, 0.4) is 0 Å². The van der Waals surface area contributed by atoms with E-state index in [1.165, 1.54) is 24.3 Å². The SMILES string of the molecule is CN(C)CCNc1nc(Nc2ccc(C(O)([PH2]=O)P(=O)(O)O)cc2)c2ncn(CCc3cccc(O)c3)c2n1. The molecule has 2 unspecified atom stereocenters. The summed E-state index contributed by atoms with van der Waals surface area (Å²) in [6.45, 7) is 1.91. The lowest BCUT2D eigenvalue weighted by Gasteiger charge is -2.23. The molecule has 2 atom stereocenters. The molecule has 2 heterocycles. The maximum atomic E-state index is 11.7. The fourth-order valence-electron chi connectivity index (χ4n) is 3.87. The van der Waals surface area contributed by atoms with Gasteiger partial charge in [0, 0.05) is 30.9 Å². The van der Waals surface area contributed by atoms with E-state index in [0.717, 1.165) is 12.1 Å². The molecule has 6 N–H and O–H groups in total. The van der Waals surface area contributed by atoms with E-state index in [9.17, 15) is 29.1 Å². The number of likely N-dealkylation sites (N-methyl/N-ethyl adjacent to an activating group) is 1. The van der Waals surface area contributed by atoms with Crippen molar-refractivity contribution in [3.05, 3.63) is 66.0 Å². The molecule has 2 aromatic heterocycles. The number of phenolic OH excluding ortho intramolecular Hbond substituents is 1. The van der Waals surface area contributed by atoms with Crippen molar-refractivity contribution in [2.75, 3.05) is 37.8 Å². The fourth-order valence-corrected chi connectivity index (χ4v) is 5.23. The van der Waals surface area contributed by atoms with Crippen molar-refractivity contribution in [3.8, 4) is 5.75 Å². The number of benzene rings is 2. The Bertz CT molecular complexity index is 1510. The minimum Gasteiger partial charge on any atom is -0.508 e. The molecular weight excluding hydrogens is 544 g/mol. The van der Waals surface area contributed by atoms with Crippen LogP contribution in [0.15, 0.2) is 54.9 Å². The zero-order chi connectivity index (χ0) is 28.2. The van der Waals surface area contributed by atoms with Gasteiger partial charge in [-0.15, -0.1) is 0 Å². The fraction of sp³-hybridized carbons (Fsp3) is 0.292. The third kappa shape index (κ3) is 6.65. The van der Waals surface area contributed by atoms with Gasteiger partial charge in [0.15, 0.2) is 17.0 Å². The van der Waals surface area contributed by atoms with Crippen LogP contribution in [0.5, 0.6) is 5.75 Å². The molecule has 4 rings (SSSR count). The average Bonchev–Trinajstić information content (AvgIpc) is 3.30. The smallest absolute Gasteiger partial charge is 0.368 e. The quantitative estimate of drug-likeness (QED) is 0.136. The molecule has 0 radical (unpaired) electrons. The van der Waals surface area contributed by atoms with Crippen LogP contribution in [-0.4, -0.2) is 71.6 Å². The third-order valence-electron chi connectivity index (χ3n) is 6.04. The van der Waals surface area contributed by atoms with Gasteiger partial charge in [0.25, 0.3) is 0 Å². The number of aromatic hydroxyl groups is 1. The van der Waals surface area contributed by atoms with Crippen LogP contribution in [0.1, 0.15) is 11.1 Å². The maximum Gasteiger partial charge on any atom is 0.368 e. The Morgan fingerprint density at radius 2 is 1.87 bits per heavy atom. The molecule has 0 saturated heterocycles. The number of imidazole rings is 1. The van der Waals surface area contributed by atoms with Crippen molar-refractivity contribution in [2.24, 2.45) is 0 Å². The number of aryl methyl sites for hydroxylation is 2.